The van der Waals surface area contributed by atoms with Gasteiger partial charge in [-0.2, -0.15) is 0 Å². The lowest BCUT2D eigenvalue weighted by molar-refractivity contribution is 0.0183. The lowest BCUT2D eigenvalue weighted by atomic mass is 9.89. The number of aliphatic hydroxyl groups excluding tert-OH is 1. The van der Waals surface area contributed by atoms with E-state index >= 15 is 0 Å². The van der Waals surface area contributed by atoms with Crippen LogP contribution in [-0.2, 0) is 0 Å². The van der Waals surface area contributed by atoms with E-state index in [-0.39, 0.29) is 11.6 Å². The summed E-state index contributed by atoms with van der Waals surface area (Å²) in [5, 5.41) is 9.82. The van der Waals surface area contributed by atoms with Gasteiger partial charge < -0.3 is 10.0 Å². The fourth-order valence-electron chi connectivity index (χ4n) is 2.72. The van der Waals surface area contributed by atoms with E-state index in [0.29, 0.717) is 18.9 Å². The van der Waals surface area contributed by atoms with E-state index in [1.807, 2.05) is 0 Å². The van der Waals surface area contributed by atoms with Crippen LogP contribution in [0.2, 0.25) is 0 Å². The molecular weight excluding hydrogens is 264 g/mol. The van der Waals surface area contributed by atoms with Gasteiger partial charge >= 0.3 is 0 Å². The third-order valence-corrected chi connectivity index (χ3v) is 3.91. The summed E-state index contributed by atoms with van der Waals surface area (Å²) in [6.45, 7) is 4.12. The van der Waals surface area contributed by atoms with Gasteiger partial charge in [-0.3, -0.25) is 4.79 Å². The largest absolute Gasteiger partial charge is 0.391 e. The first-order chi connectivity index (χ1) is 9.41. The number of hydrogen-bond acceptors (Lipinski definition) is 2. The zero-order chi connectivity index (χ0) is 14.9. The zero-order valence-electron chi connectivity index (χ0n) is 11.6. The van der Waals surface area contributed by atoms with Crippen LogP contribution in [0.15, 0.2) is 18.2 Å². The van der Waals surface area contributed by atoms with Crippen LogP contribution in [0.25, 0.3) is 0 Å². The summed E-state index contributed by atoms with van der Waals surface area (Å²) in [5.41, 5.74) is -0.273. The molecule has 1 aromatic carbocycles. The Hall–Kier alpha value is -1.49. The number of nitrogens with zero attached hydrogens (tertiary/aromatic N) is 1. The van der Waals surface area contributed by atoms with Crippen molar-refractivity contribution in [2.45, 2.75) is 38.8 Å². The van der Waals surface area contributed by atoms with Gasteiger partial charge in [-0.1, -0.05) is 13.0 Å². The molecule has 20 heavy (non-hydrogen) atoms. The van der Waals surface area contributed by atoms with Crippen molar-refractivity contribution in [3.63, 3.8) is 0 Å². The van der Waals surface area contributed by atoms with Gasteiger partial charge in [0.15, 0.2) is 11.6 Å². The van der Waals surface area contributed by atoms with Gasteiger partial charge in [0.05, 0.1) is 17.7 Å². The topological polar surface area (TPSA) is 40.5 Å². The Kier molecular flexibility index (Phi) is 4.38. The number of likely N-dealkylation sites (tertiary alicyclic amines) is 1. The molecule has 0 radical (unpaired) electrons. The molecule has 0 saturated carbocycles. The van der Waals surface area contributed by atoms with Crippen LogP contribution in [0.1, 0.15) is 37.0 Å². The van der Waals surface area contributed by atoms with E-state index < -0.39 is 23.6 Å². The van der Waals surface area contributed by atoms with Crippen molar-refractivity contribution in [2.75, 3.05) is 6.54 Å². The minimum absolute atomic E-state index is 0.273. The standard InChI is InChI=1S/C15H19F2NO2/c1-9-6-7-18(13(8-9)10(2)19)15(20)11-4-3-5-12(16)14(11)17/h3-5,9-10,13,19H,6-8H2,1-2H3/t9-,10-,13+/m1/s1. The molecule has 1 aromatic rings. The van der Waals surface area contributed by atoms with E-state index in [0.717, 1.165) is 12.5 Å². The van der Waals surface area contributed by atoms with Crippen LogP contribution < -0.4 is 0 Å². The van der Waals surface area contributed by atoms with Crippen molar-refractivity contribution < 1.29 is 18.7 Å². The first-order valence-electron chi connectivity index (χ1n) is 6.85. The van der Waals surface area contributed by atoms with Crippen molar-refractivity contribution in [2.24, 2.45) is 5.92 Å². The number of carbonyl (C=O) groups is 1. The third-order valence-electron chi connectivity index (χ3n) is 3.91. The number of carbonyl (C=O) groups excluding carboxylic acids is 1. The van der Waals surface area contributed by atoms with Gasteiger partial charge in [0.2, 0.25) is 0 Å². The quantitative estimate of drug-likeness (QED) is 0.906. The normalized spacial score (nSPS) is 24.6. The predicted molar refractivity (Wildman–Crippen MR) is 71.3 cm³/mol. The van der Waals surface area contributed by atoms with Crippen LogP contribution in [0.4, 0.5) is 8.78 Å². The van der Waals surface area contributed by atoms with E-state index in [2.05, 4.69) is 6.92 Å². The van der Waals surface area contributed by atoms with Crippen molar-refractivity contribution in [3.05, 3.63) is 35.4 Å². The lowest BCUT2D eigenvalue weighted by Gasteiger charge is -2.40. The Balaban J connectivity index is 2.29. The average Bonchev–Trinajstić information content (AvgIpc) is 2.41. The molecule has 1 amide bonds. The Labute approximate surface area is 117 Å². The summed E-state index contributed by atoms with van der Waals surface area (Å²) < 4.78 is 27.0. The second-order valence-corrected chi connectivity index (χ2v) is 5.54. The maximum absolute atomic E-state index is 13.7. The second-order valence-electron chi connectivity index (χ2n) is 5.54. The third kappa shape index (κ3) is 2.82. The van der Waals surface area contributed by atoms with Gasteiger partial charge in [0.1, 0.15) is 0 Å². The van der Waals surface area contributed by atoms with Gasteiger partial charge in [0.25, 0.3) is 5.91 Å². The molecule has 1 heterocycles. The molecule has 0 spiro atoms. The molecule has 3 atom stereocenters. The SMILES string of the molecule is C[C@@H]1CCN(C(=O)c2cccc(F)c2F)[C@H]([C@@H](C)O)C1. The fraction of sp³-hybridized carbons (Fsp3) is 0.533. The predicted octanol–water partition coefficient (Wildman–Crippen LogP) is 2.59. The number of piperidine rings is 1. The Bertz CT molecular complexity index is 505. The Morgan fingerprint density at radius 1 is 1.45 bits per heavy atom. The fourth-order valence-corrected chi connectivity index (χ4v) is 2.72. The van der Waals surface area contributed by atoms with Crippen LogP contribution in [0, 0.1) is 17.6 Å². The smallest absolute Gasteiger partial charge is 0.257 e. The maximum atomic E-state index is 13.7. The summed E-state index contributed by atoms with van der Waals surface area (Å²) in [6.07, 6.45) is 0.769. The molecule has 1 aliphatic heterocycles. The highest BCUT2D eigenvalue weighted by molar-refractivity contribution is 5.94. The molecule has 2 rings (SSSR count). The first-order valence-corrected chi connectivity index (χ1v) is 6.85. The highest BCUT2D eigenvalue weighted by atomic mass is 19.2. The zero-order valence-corrected chi connectivity index (χ0v) is 11.6. The molecule has 1 aliphatic rings. The molecule has 110 valence electrons. The molecule has 1 fully saturated rings. The van der Waals surface area contributed by atoms with E-state index in [9.17, 15) is 18.7 Å². The van der Waals surface area contributed by atoms with Crippen molar-refractivity contribution in [3.8, 4) is 0 Å². The average molecular weight is 283 g/mol. The van der Waals surface area contributed by atoms with Crippen LogP contribution in [0.3, 0.4) is 0 Å². The van der Waals surface area contributed by atoms with E-state index in [1.54, 1.807) is 6.92 Å². The molecule has 5 heteroatoms. The summed E-state index contributed by atoms with van der Waals surface area (Å²) >= 11 is 0. The molecule has 0 unspecified atom stereocenters. The molecule has 0 aromatic heterocycles. The molecule has 3 nitrogen and oxygen atoms in total. The highest BCUT2D eigenvalue weighted by Gasteiger charge is 2.34. The molecule has 1 saturated heterocycles. The van der Waals surface area contributed by atoms with Crippen LogP contribution in [-0.4, -0.2) is 34.6 Å². The number of rotatable bonds is 2. The van der Waals surface area contributed by atoms with Gasteiger partial charge in [0, 0.05) is 6.54 Å². The van der Waals surface area contributed by atoms with Crippen LogP contribution in [0.5, 0.6) is 0 Å². The van der Waals surface area contributed by atoms with Gasteiger partial charge in [-0.15, -0.1) is 0 Å². The molecule has 0 bridgehead atoms. The summed E-state index contributed by atoms with van der Waals surface area (Å²) in [6, 6.07) is 3.22. The highest BCUT2D eigenvalue weighted by Crippen LogP contribution is 2.27. The summed E-state index contributed by atoms with van der Waals surface area (Å²) in [5.74, 6) is -2.31. The summed E-state index contributed by atoms with van der Waals surface area (Å²) in [4.78, 5) is 13.9. The number of benzene rings is 1. The van der Waals surface area contributed by atoms with Gasteiger partial charge in [-0.05, 0) is 37.8 Å². The Morgan fingerprint density at radius 2 is 2.15 bits per heavy atom. The summed E-state index contributed by atoms with van der Waals surface area (Å²) in [7, 11) is 0. The monoisotopic (exact) mass is 283 g/mol. The van der Waals surface area contributed by atoms with E-state index in [1.165, 1.54) is 17.0 Å². The maximum Gasteiger partial charge on any atom is 0.257 e. The van der Waals surface area contributed by atoms with E-state index in [4.69, 9.17) is 0 Å². The van der Waals surface area contributed by atoms with Crippen molar-refractivity contribution in [1.29, 1.82) is 0 Å². The van der Waals surface area contributed by atoms with Crippen LogP contribution >= 0.6 is 0 Å². The Morgan fingerprint density at radius 3 is 2.80 bits per heavy atom. The van der Waals surface area contributed by atoms with Crippen molar-refractivity contribution in [1.82, 2.24) is 4.90 Å². The minimum atomic E-state index is -1.12. The molecule has 1 N–H and O–H groups in total. The number of hydrogen-bond donors (Lipinski definition) is 1. The number of amides is 1. The van der Waals surface area contributed by atoms with Crippen molar-refractivity contribution >= 4 is 5.91 Å². The first kappa shape index (κ1) is 14.9. The molecular formula is C15H19F2NO2. The number of aliphatic hydroxyl groups is 1. The lowest BCUT2D eigenvalue weighted by Crippen LogP contribution is -2.50. The second kappa shape index (κ2) is 5.87. The van der Waals surface area contributed by atoms with Gasteiger partial charge in [-0.25, -0.2) is 8.78 Å². The minimum Gasteiger partial charge on any atom is -0.391 e. The number of halogens is 2. The molecule has 0 aliphatic carbocycles.